The number of carbonyl (C=O) groups excluding carboxylic acids is 2. The van der Waals surface area contributed by atoms with Crippen molar-refractivity contribution in [3.05, 3.63) is 29.8 Å². The van der Waals surface area contributed by atoms with Gasteiger partial charge in [-0.15, -0.1) is 0 Å². The first-order valence-corrected chi connectivity index (χ1v) is 7.81. The molecule has 0 bridgehead atoms. The van der Waals surface area contributed by atoms with Gasteiger partial charge in [-0.2, -0.15) is 0 Å². The van der Waals surface area contributed by atoms with Crippen molar-refractivity contribution < 1.29 is 9.59 Å². The Hall–Kier alpha value is -2.08. The molecule has 2 aliphatic rings. The van der Waals surface area contributed by atoms with Crippen LogP contribution in [0.5, 0.6) is 0 Å². The molecule has 118 valence electrons. The third-order valence-corrected chi connectivity index (χ3v) is 4.40. The number of urea groups is 1. The van der Waals surface area contributed by atoms with Crippen molar-refractivity contribution in [3.8, 4) is 0 Å². The van der Waals surface area contributed by atoms with Crippen LogP contribution in [0, 0.1) is 0 Å². The summed E-state index contributed by atoms with van der Waals surface area (Å²) in [7, 11) is 1.94. The molecule has 6 heteroatoms. The van der Waals surface area contributed by atoms with Gasteiger partial charge in [0.25, 0.3) is 5.91 Å². The molecular weight excluding hydrogens is 280 g/mol. The fraction of sp³-hybridized carbons (Fsp3) is 0.500. The Kier molecular flexibility index (Phi) is 4.29. The van der Waals surface area contributed by atoms with E-state index < -0.39 is 0 Å². The number of hydrogen-bond donors (Lipinski definition) is 2. The molecule has 2 N–H and O–H groups in total. The van der Waals surface area contributed by atoms with Crippen molar-refractivity contribution in [2.75, 3.05) is 38.1 Å². The topological polar surface area (TPSA) is 64.7 Å². The second-order valence-corrected chi connectivity index (χ2v) is 5.81. The number of anilines is 1. The Morgan fingerprint density at radius 1 is 1.27 bits per heavy atom. The zero-order valence-electron chi connectivity index (χ0n) is 12.8. The number of nitrogens with one attached hydrogen (secondary N) is 2. The predicted octanol–water partition coefficient (Wildman–Crippen LogP) is 1.04. The molecule has 3 amide bonds. The molecule has 3 rings (SSSR count). The minimum absolute atomic E-state index is 0.0670. The molecule has 0 aromatic heterocycles. The number of likely N-dealkylation sites (tertiary alicyclic amines) is 1. The zero-order chi connectivity index (χ0) is 15.5. The smallest absolute Gasteiger partial charge is 0.321 e. The first-order valence-electron chi connectivity index (χ1n) is 7.81. The highest BCUT2D eigenvalue weighted by Gasteiger charge is 2.24. The minimum Gasteiger partial charge on any atom is -0.337 e. The number of hydrogen-bond acceptors (Lipinski definition) is 3. The summed E-state index contributed by atoms with van der Waals surface area (Å²) in [5.74, 6) is 0.0670. The van der Waals surface area contributed by atoms with Gasteiger partial charge in [0.2, 0.25) is 0 Å². The normalized spacial score (nSPS) is 21.9. The molecule has 22 heavy (non-hydrogen) atoms. The first kappa shape index (κ1) is 14.8. The van der Waals surface area contributed by atoms with Crippen LogP contribution < -0.4 is 15.5 Å². The molecule has 0 radical (unpaired) electrons. The van der Waals surface area contributed by atoms with Crippen molar-refractivity contribution in [2.45, 2.75) is 18.9 Å². The third kappa shape index (κ3) is 2.92. The lowest BCUT2D eigenvalue weighted by Crippen LogP contribution is -2.46. The maximum absolute atomic E-state index is 12.6. The molecule has 1 aromatic rings. The lowest BCUT2D eigenvalue weighted by atomic mass is 10.0. The molecule has 0 unspecified atom stereocenters. The molecular formula is C16H22N4O2. The lowest BCUT2D eigenvalue weighted by Gasteiger charge is -2.32. The van der Waals surface area contributed by atoms with E-state index >= 15 is 0 Å². The van der Waals surface area contributed by atoms with Crippen molar-refractivity contribution in [2.24, 2.45) is 0 Å². The van der Waals surface area contributed by atoms with Crippen LogP contribution in [0.25, 0.3) is 0 Å². The Labute approximate surface area is 130 Å². The van der Waals surface area contributed by atoms with E-state index in [-0.39, 0.29) is 11.9 Å². The molecule has 1 atom stereocenters. The van der Waals surface area contributed by atoms with Crippen LogP contribution in [-0.2, 0) is 0 Å². The number of carbonyl (C=O) groups is 2. The van der Waals surface area contributed by atoms with Crippen LogP contribution in [-0.4, -0.2) is 56.1 Å². The van der Waals surface area contributed by atoms with E-state index in [4.69, 9.17) is 0 Å². The molecule has 2 saturated heterocycles. The molecule has 0 aliphatic carbocycles. The van der Waals surface area contributed by atoms with E-state index in [2.05, 4.69) is 10.6 Å². The Morgan fingerprint density at radius 2 is 2.05 bits per heavy atom. The van der Waals surface area contributed by atoms with Crippen molar-refractivity contribution in [3.63, 3.8) is 0 Å². The molecule has 2 heterocycles. The van der Waals surface area contributed by atoms with Crippen molar-refractivity contribution in [1.82, 2.24) is 15.5 Å². The minimum atomic E-state index is -0.0769. The number of benzene rings is 1. The summed E-state index contributed by atoms with van der Waals surface area (Å²) in [6.07, 6.45) is 2.15. The van der Waals surface area contributed by atoms with Crippen LogP contribution in [0.2, 0.25) is 0 Å². The zero-order valence-corrected chi connectivity index (χ0v) is 12.8. The molecule has 6 nitrogen and oxygen atoms in total. The predicted molar refractivity (Wildman–Crippen MR) is 85.2 cm³/mol. The van der Waals surface area contributed by atoms with E-state index in [1.165, 1.54) is 0 Å². The fourth-order valence-corrected chi connectivity index (χ4v) is 3.08. The van der Waals surface area contributed by atoms with Gasteiger partial charge in [-0.3, -0.25) is 9.69 Å². The highest BCUT2D eigenvalue weighted by molar-refractivity contribution is 5.97. The van der Waals surface area contributed by atoms with Gasteiger partial charge in [-0.05, 0) is 44.2 Å². The Bertz CT molecular complexity index is 558. The number of nitrogens with zero attached hydrogens (tertiary/aromatic N) is 2. The van der Waals surface area contributed by atoms with Gasteiger partial charge in [0.15, 0.2) is 0 Å². The summed E-state index contributed by atoms with van der Waals surface area (Å²) in [6.45, 7) is 2.90. The monoisotopic (exact) mass is 302 g/mol. The van der Waals surface area contributed by atoms with E-state index in [1.807, 2.05) is 36.2 Å². The van der Waals surface area contributed by atoms with Crippen LogP contribution in [0.4, 0.5) is 10.5 Å². The van der Waals surface area contributed by atoms with Crippen molar-refractivity contribution >= 4 is 17.6 Å². The lowest BCUT2D eigenvalue weighted by molar-refractivity contribution is 0.0698. The number of amides is 3. The molecule has 1 aromatic carbocycles. The molecule has 0 spiro atoms. The number of piperidine rings is 1. The Balaban J connectivity index is 1.69. The van der Waals surface area contributed by atoms with E-state index in [0.29, 0.717) is 24.7 Å². The Morgan fingerprint density at radius 3 is 2.68 bits per heavy atom. The van der Waals surface area contributed by atoms with E-state index in [1.54, 1.807) is 4.90 Å². The van der Waals surface area contributed by atoms with Gasteiger partial charge >= 0.3 is 6.03 Å². The van der Waals surface area contributed by atoms with Gasteiger partial charge in [0.1, 0.15) is 0 Å². The van der Waals surface area contributed by atoms with Gasteiger partial charge < -0.3 is 15.5 Å². The fourth-order valence-electron chi connectivity index (χ4n) is 3.08. The molecule has 2 fully saturated rings. The SMILES string of the molecule is CN[C@@H]1CCCN(C(=O)c2ccc(N3CCNC3=O)cc2)C1. The highest BCUT2D eigenvalue weighted by atomic mass is 16.2. The summed E-state index contributed by atoms with van der Waals surface area (Å²) in [5, 5.41) is 6.02. The van der Waals surface area contributed by atoms with E-state index in [0.717, 1.165) is 31.6 Å². The summed E-state index contributed by atoms with van der Waals surface area (Å²) in [5.41, 5.74) is 1.51. The highest BCUT2D eigenvalue weighted by Crippen LogP contribution is 2.19. The third-order valence-electron chi connectivity index (χ3n) is 4.40. The second kappa shape index (κ2) is 6.36. The summed E-state index contributed by atoms with van der Waals surface area (Å²) < 4.78 is 0. The molecule has 0 saturated carbocycles. The van der Waals surface area contributed by atoms with Gasteiger partial charge in [-0.1, -0.05) is 0 Å². The molecule has 2 aliphatic heterocycles. The van der Waals surface area contributed by atoms with Gasteiger partial charge in [0.05, 0.1) is 0 Å². The second-order valence-electron chi connectivity index (χ2n) is 5.81. The maximum atomic E-state index is 12.6. The summed E-state index contributed by atoms with van der Waals surface area (Å²) in [4.78, 5) is 27.8. The van der Waals surface area contributed by atoms with Gasteiger partial charge in [0, 0.05) is 43.5 Å². The van der Waals surface area contributed by atoms with Crippen LogP contribution in [0.1, 0.15) is 23.2 Å². The summed E-state index contributed by atoms with van der Waals surface area (Å²) >= 11 is 0. The van der Waals surface area contributed by atoms with Crippen molar-refractivity contribution in [1.29, 1.82) is 0 Å². The van der Waals surface area contributed by atoms with Crippen LogP contribution in [0.15, 0.2) is 24.3 Å². The maximum Gasteiger partial charge on any atom is 0.321 e. The summed E-state index contributed by atoms with van der Waals surface area (Å²) in [6, 6.07) is 7.62. The average molecular weight is 302 g/mol. The average Bonchev–Trinajstić information content (AvgIpc) is 3.00. The largest absolute Gasteiger partial charge is 0.337 e. The van der Waals surface area contributed by atoms with Crippen LogP contribution in [0.3, 0.4) is 0 Å². The van der Waals surface area contributed by atoms with Gasteiger partial charge in [-0.25, -0.2) is 4.79 Å². The van der Waals surface area contributed by atoms with Crippen LogP contribution >= 0.6 is 0 Å². The number of rotatable bonds is 3. The van der Waals surface area contributed by atoms with E-state index in [9.17, 15) is 9.59 Å². The first-order chi connectivity index (χ1) is 10.7. The quantitative estimate of drug-likeness (QED) is 0.877. The number of likely N-dealkylation sites (N-methyl/N-ethyl adjacent to an activating group) is 1. The standard InChI is InChI=1S/C16H22N4O2/c1-17-13-3-2-9-19(11-13)15(21)12-4-6-14(7-5-12)20-10-8-18-16(20)22/h4-7,13,17H,2-3,8-11H2,1H3,(H,18,22)/t13-/m1/s1.